The first-order valence-electron chi connectivity index (χ1n) is 10.7. The molecule has 0 aliphatic carbocycles. The Kier molecular flexibility index (Phi) is 21.2. The highest BCUT2D eigenvalue weighted by Crippen LogP contribution is 1.98. The van der Waals surface area contributed by atoms with Crippen molar-refractivity contribution in [3.8, 4) is 0 Å². The number of rotatable bonds is 17. The van der Waals surface area contributed by atoms with Gasteiger partial charge in [0.15, 0.2) is 0 Å². The molecule has 0 aliphatic heterocycles. The number of allylic oxidation sites excluding steroid dienone is 12. The van der Waals surface area contributed by atoms with Crippen LogP contribution in [0, 0.1) is 0 Å². The van der Waals surface area contributed by atoms with Crippen molar-refractivity contribution in [2.45, 2.75) is 58.3 Å². The zero-order chi connectivity index (χ0) is 22.1. The molecule has 0 aromatic heterocycles. The van der Waals surface area contributed by atoms with E-state index in [-0.39, 0.29) is 19.1 Å². The summed E-state index contributed by atoms with van der Waals surface area (Å²) in [5, 5.41) is 2.66. The van der Waals surface area contributed by atoms with Gasteiger partial charge in [0.1, 0.15) is 6.61 Å². The van der Waals surface area contributed by atoms with E-state index in [0.717, 1.165) is 38.5 Å². The second-order valence-corrected chi connectivity index (χ2v) is 6.70. The molecule has 5 heteroatoms. The number of nitrogens with one attached hydrogen (secondary N) is 1. The second-order valence-electron chi connectivity index (χ2n) is 6.39. The van der Waals surface area contributed by atoms with Gasteiger partial charge < -0.3 is 10.1 Å². The van der Waals surface area contributed by atoms with E-state index in [2.05, 4.69) is 83.8 Å². The number of halogens is 1. The number of carbonyl (C=O) groups is 2. The number of amides is 1. The van der Waals surface area contributed by atoms with Crippen molar-refractivity contribution in [2.24, 2.45) is 0 Å². The third-order valence-corrected chi connectivity index (χ3v) is 3.88. The Morgan fingerprint density at radius 3 is 1.60 bits per heavy atom. The van der Waals surface area contributed by atoms with Gasteiger partial charge in [0.25, 0.3) is 0 Å². The van der Waals surface area contributed by atoms with Gasteiger partial charge in [0, 0.05) is 18.0 Å². The minimum Gasteiger partial charge on any atom is -0.452 e. The van der Waals surface area contributed by atoms with Crippen LogP contribution in [0.15, 0.2) is 72.9 Å². The molecule has 166 valence electrons. The minimum absolute atomic E-state index is 0.0693. The van der Waals surface area contributed by atoms with Crippen molar-refractivity contribution < 1.29 is 14.3 Å². The summed E-state index contributed by atoms with van der Waals surface area (Å²) in [6.07, 6.45) is 32.8. The van der Waals surface area contributed by atoms with Gasteiger partial charge in [-0.2, -0.15) is 0 Å². The molecule has 0 aliphatic rings. The molecule has 0 atom stereocenters. The molecule has 0 bridgehead atoms. The van der Waals surface area contributed by atoms with Crippen molar-refractivity contribution in [3.63, 3.8) is 0 Å². The first-order chi connectivity index (χ1) is 14.7. The van der Waals surface area contributed by atoms with Crippen molar-refractivity contribution in [1.29, 1.82) is 0 Å². The van der Waals surface area contributed by atoms with Crippen LogP contribution in [0.4, 0.5) is 4.79 Å². The molecule has 0 radical (unpaired) electrons. The van der Waals surface area contributed by atoms with Crippen LogP contribution in [0.5, 0.6) is 0 Å². The van der Waals surface area contributed by atoms with Crippen LogP contribution in [0.25, 0.3) is 0 Å². The lowest BCUT2D eigenvalue weighted by Crippen LogP contribution is -2.27. The van der Waals surface area contributed by atoms with Crippen molar-refractivity contribution in [3.05, 3.63) is 72.9 Å². The molecule has 4 nitrogen and oxygen atoms in total. The van der Waals surface area contributed by atoms with E-state index < -0.39 is 5.43 Å². The smallest absolute Gasteiger partial charge is 0.403 e. The molecule has 0 aromatic rings. The summed E-state index contributed by atoms with van der Waals surface area (Å²) in [6.45, 7) is 2.51. The minimum atomic E-state index is -0.859. The predicted octanol–water partition coefficient (Wildman–Crippen LogP) is 6.96. The lowest BCUT2D eigenvalue weighted by atomic mass is 10.2. The monoisotopic (exact) mass is 433 g/mol. The van der Waals surface area contributed by atoms with E-state index >= 15 is 0 Å². The highest BCUT2D eigenvalue weighted by atomic mass is 35.5. The van der Waals surface area contributed by atoms with Crippen LogP contribution >= 0.6 is 11.6 Å². The lowest BCUT2D eigenvalue weighted by molar-refractivity contribution is -0.121. The largest absolute Gasteiger partial charge is 0.452 e. The molecule has 0 saturated carbocycles. The third-order valence-electron chi connectivity index (χ3n) is 3.77. The maximum Gasteiger partial charge on any atom is 0.403 e. The molecular weight excluding hydrogens is 398 g/mol. The predicted molar refractivity (Wildman–Crippen MR) is 128 cm³/mol. The molecule has 0 spiro atoms. The Bertz CT molecular complexity index is 616. The summed E-state index contributed by atoms with van der Waals surface area (Å²) in [5.41, 5.74) is -0.859. The normalized spacial score (nSPS) is 12.5. The summed E-state index contributed by atoms with van der Waals surface area (Å²) < 4.78 is 4.51. The van der Waals surface area contributed by atoms with Gasteiger partial charge in [0.05, 0.1) is 6.54 Å². The molecule has 0 heterocycles. The van der Waals surface area contributed by atoms with Gasteiger partial charge in [-0.15, -0.1) is 0 Å². The zero-order valence-electron chi connectivity index (χ0n) is 18.1. The van der Waals surface area contributed by atoms with Gasteiger partial charge in [-0.05, 0) is 44.9 Å². The average molecular weight is 434 g/mol. The average Bonchev–Trinajstić information content (AvgIpc) is 2.72. The summed E-state index contributed by atoms with van der Waals surface area (Å²) in [7, 11) is 0. The Hall–Kier alpha value is -2.33. The molecular formula is C25H36ClNO3. The van der Waals surface area contributed by atoms with Crippen molar-refractivity contribution in [1.82, 2.24) is 5.32 Å². The van der Waals surface area contributed by atoms with E-state index in [1.807, 2.05) is 6.08 Å². The van der Waals surface area contributed by atoms with Crippen LogP contribution in [-0.2, 0) is 9.53 Å². The molecule has 30 heavy (non-hydrogen) atoms. The van der Waals surface area contributed by atoms with Crippen LogP contribution in [0.2, 0.25) is 0 Å². The van der Waals surface area contributed by atoms with Crippen LogP contribution in [0.1, 0.15) is 58.3 Å². The van der Waals surface area contributed by atoms with Crippen LogP contribution in [0.3, 0.4) is 0 Å². The van der Waals surface area contributed by atoms with E-state index in [9.17, 15) is 9.59 Å². The number of ether oxygens (including phenoxy) is 1. The van der Waals surface area contributed by atoms with Crippen LogP contribution in [-0.4, -0.2) is 24.5 Å². The molecule has 1 amide bonds. The van der Waals surface area contributed by atoms with Gasteiger partial charge in [0.2, 0.25) is 5.91 Å². The standard InChI is InChI=1S/C25H36ClNO3/c1-2-3-4-5-6-7-8-9-10-11-12-13-14-15-16-17-18-19-20-21-24(28)27-22-23-30-25(26)29/h3-4,6-7,9-10,12-13,15-16,18-19H,2,5,8,11,14,17,20-23H2,1H3,(H,27,28)/b4-3-,7-6-,10-9-,13-12-,16-15-,19-18-. The quantitative estimate of drug-likeness (QED) is 0.153. The Morgan fingerprint density at radius 1 is 0.733 bits per heavy atom. The number of carbonyl (C=O) groups excluding carboxylic acids is 2. The molecule has 0 saturated heterocycles. The maximum atomic E-state index is 11.5. The first-order valence-corrected chi connectivity index (χ1v) is 11.0. The molecule has 0 aromatic carbocycles. The Balaban J connectivity index is 3.56. The van der Waals surface area contributed by atoms with Gasteiger partial charge in [-0.1, -0.05) is 79.8 Å². The Labute approximate surface area is 187 Å². The van der Waals surface area contributed by atoms with E-state index in [1.54, 1.807) is 0 Å². The fourth-order valence-electron chi connectivity index (χ4n) is 2.26. The first kappa shape index (κ1) is 27.7. The number of hydrogen-bond donors (Lipinski definition) is 1. The zero-order valence-corrected chi connectivity index (χ0v) is 18.9. The lowest BCUT2D eigenvalue weighted by Gasteiger charge is -2.03. The third kappa shape index (κ3) is 23.7. The maximum absolute atomic E-state index is 11.5. The van der Waals surface area contributed by atoms with E-state index in [4.69, 9.17) is 11.6 Å². The van der Waals surface area contributed by atoms with Crippen molar-refractivity contribution >= 4 is 22.9 Å². The summed E-state index contributed by atoms with van der Waals surface area (Å²) >= 11 is 5.02. The molecule has 0 unspecified atom stereocenters. The summed E-state index contributed by atoms with van der Waals surface area (Å²) in [6, 6.07) is 0. The fourth-order valence-corrected chi connectivity index (χ4v) is 2.34. The van der Waals surface area contributed by atoms with Crippen molar-refractivity contribution in [2.75, 3.05) is 13.2 Å². The fraction of sp³-hybridized carbons (Fsp3) is 0.440. The summed E-state index contributed by atoms with van der Waals surface area (Å²) in [4.78, 5) is 21.9. The highest BCUT2D eigenvalue weighted by Gasteiger charge is 1.99. The van der Waals surface area contributed by atoms with Gasteiger partial charge in [-0.25, -0.2) is 4.79 Å². The molecule has 1 N–H and O–H groups in total. The van der Waals surface area contributed by atoms with Gasteiger partial charge >= 0.3 is 5.43 Å². The topological polar surface area (TPSA) is 55.4 Å². The van der Waals surface area contributed by atoms with Crippen LogP contribution < -0.4 is 5.32 Å². The SMILES string of the molecule is CC/C=C\C/C=C\C/C=C\C/C=C\C/C=C\C/C=C\CCC(=O)NCCOC(=O)Cl. The second kappa shape index (κ2) is 23.0. The number of hydrogen-bond acceptors (Lipinski definition) is 3. The van der Waals surface area contributed by atoms with E-state index in [0.29, 0.717) is 12.8 Å². The molecule has 0 fully saturated rings. The van der Waals surface area contributed by atoms with Gasteiger partial charge in [-0.3, -0.25) is 4.79 Å². The molecule has 0 rings (SSSR count). The summed E-state index contributed by atoms with van der Waals surface area (Å²) in [5.74, 6) is -0.0693. The van der Waals surface area contributed by atoms with E-state index in [1.165, 1.54) is 0 Å². The highest BCUT2D eigenvalue weighted by molar-refractivity contribution is 6.61. The Morgan fingerprint density at radius 2 is 1.17 bits per heavy atom.